The highest BCUT2D eigenvalue weighted by atomic mass is 16.5. The third-order valence-corrected chi connectivity index (χ3v) is 4.28. The monoisotopic (exact) mass is 306 g/mol. The molecule has 0 fully saturated rings. The molecule has 1 unspecified atom stereocenters. The lowest BCUT2D eigenvalue weighted by molar-refractivity contribution is -0.0183. The van der Waals surface area contributed by atoms with Gasteiger partial charge in [0, 0.05) is 6.61 Å². The van der Waals surface area contributed by atoms with Crippen molar-refractivity contribution in [3.8, 4) is 5.75 Å². The quantitative estimate of drug-likeness (QED) is 0.552. The van der Waals surface area contributed by atoms with Gasteiger partial charge in [-0.25, -0.2) is 0 Å². The van der Waals surface area contributed by atoms with E-state index in [0.717, 1.165) is 31.8 Å². The van der Waals surface area contributed by atoms with E-state index < -0.39 is 0 Å². The Balaban J connectivity index is 2.25. The molecule has 0 aliphatic rings. The molecule has 1 atom stereocenters. The molecule has 0 heterocycles. The molecule has 1 rings (SSSR count). The van der Waals surface area contributed by atoms with E-state index in [1.807, 2.05) is 0 Å². The topological polar surface area (TPSA) is 18.5 Å². The summed E-state index contributed by atoms with van der Waals surface area (Å²) in [6, 6.07) is 6.31. The third kappa shape index (κ3) is 6.83. The SMILES string of the molecule is CCOC(C)(C)CCCC(C)CCOc1c(C)cccc1C. The van der Waals surface area contributed by atoms with Crippen LogP contribution in [0.3, 0.4) is 0 Å². The van der Waals surface area contributed by atoms with E-state index in [2.05, 4.69) is 59.7 Å². The van der Waals surface area contributed by atoms with Gasteiger partial charge in [0.2, 0.25) is 0 Å². The van der Waals surface area contributed by atoms with Crippen LogP contribution in [0.25, 0.3) is 0 Å². The maximum absolute atomic E-state index is 6.00. The van der Waals surface area contributed by atoms with Gasteiger partial charge in [-0.3, -0.25) is 0 Å². The number of rotatable bonds is 10. The van der Waals surface area contributed by atoms with E-state index in [-0.39, 0.29) is 5.60 Å². The van der Waals surface area contributed by atoms with E-state index in [0.29, 0.717) is 5.92 Å². The van der Waals surface area contributed by atoms with Crippen molar-refractivity contribution in [1.82, 2.24) is 0 Å². The summed E-state index contributed by atoms with van der Waals surface area (Å²) in [5, 5.41) is 0. The summed E-state index contributed by atoms with van der Waals surface area (Å²) in [5.74, 6) is 1.76. The molecule has 2 heteroatoms. The fraction of sp³-hybridized carbons (Fsp3) is 0.700. The predicted octanol–water partition coefficient (Wildman–Crippen LogP) is 5.69. The molecule has 0 amide bonds. The lowest BCUT2D eigenvalue weighted by atomic mass is 9.95. The second-order valence-electron chi connectivity index (χ2n) is 7.05. The molecule has 2 nitrogen and oxygen atoms in total. The Morgan fingerprint density at radius 3 is 2.32 bits per heavy atom. The van der Waals surface area contributed by atoms with Crippen molar-refractivity contribution < 1.29 is 9.47 Å². The molecule has 0 aliphatic carbocycles. The van der Waals surface area contributed by atoms with Crippen molar-refractivity contribution in [3.63, 3.8) is 0 Å². The van der Waals surface area contributed by atoms with Crippen molar-refractivity contribution in [2.75, 3.05) is 13.2 Å². The summed E-state index contributed by atoms with van der Waals surface area (Å²) in [7, 11) is 0. The van der Waals surface area contributed by atoms with Gasteiger partial charge in [0.05, 0.1) is 12.2 Å². The molecular weight excluding hydrogens is 272 g/mol. The minimum absolute atomic E-state index is 0.0171. The standard InChI is InChI=1S/C20H34O2/c1-7-22-20(5,6)14-9-10-16(2)13-15-21-19-17(3)11-8-12-18(19)4/h8,11-12,16H,7,9-10,13-15H2,1-6H3. The van der Waals surface area contributed by atoms with E-state index >= 15 is 0 Å². The fourth-order valence-electron chi connectivity index (χ4n) is 2.87. The molecule has 0 N–H and O–H groups in total. The number of ether oxygens (including phenoxy) is 2. The van der Waals surface area contributed by atoms with E-state index in [1.54, 1.807) is 0 Å². The molecule has 0 radical (unpaired) electrons. The molecule has 126 valence electrons. The molecule has 0 saturated heterocycles. The zero-order valence-electron chi connectivity index (χ0n) is 15.4. The molecule has 0 saturated carbocycles. The zero-order chi connectivity index (χ0) is 16.6. The Hall–Kier alpha value is -1.02. The van der Waals surface area contributed by atoms with Gasteiger partial charge in [0.25, 0.3) is 0 Å². The van der Waals surface area contributed by atoms with Crippen LogP contribution < -0.4 is 4.74 Å². The van der Waals surface area contributed by atoms with Crippen LogP contribution in [0.5, 0.6) is 5.75 Å². The largest absolute Gasteiger partial charge is 0.493 e. The Morgan fingerprint density at radius 1 is 1.09 bits per heavy atom. The van der Waals surface area contributed by atoms with Gasteiger partial charge in [-0.05, 0) is 64.5 Å². The van der Waals surface area contributed by atoms with Crippen molar-refractivity contribution in [2.24, 2.45) is 5.92 Å². The summed E-state index contributed by atoms with van der Waals surface area (Å²) in [5.41, 5.74) is 2.47. The first kappa shape index (κ1) is 19.0. The smallest absolute Gasteiger partial charge is 0.125 e. The first-order chi connectivity index (χ1) is 10.4. The second-order valence-corrected chi connectivity index (χ2v) is 7.05. The lowest BCUT2D eigenvalue weighted by Crippen LogP contribution is -2.24. The normalized spacial score (nSPS) is 13.2. The first-order valence-corrected chi connectivity index (χ1v) is 8.68. The summed E-state index contributed by atoms with van der Waals surface area (Å²) in [4.78, 5) is 0. The van der Waals surface area contributed by atoms with Crippen LogP contribution in [0, 0.1) is 19.8 Å². The average Bonchev–Trinajstić information content (AvgIpc) is 2.41. The van der Waals surface area contributed by atoms with Crippen LogP contribution >= 0.6 is 0 Å². The lowest BCUT2D eigenvalue weighted by Gasteiger charge is -2.25. The minimum atomic E-state index is 0.0171. The van der Waals surface area contributed by atoms with Crippen molar-refractivity contribution >= 4 is 0 Å². The maximum Gasteiger partial charge on any atom is 0.125 e. The van der Waals surface area contributed by atoms with Gasteiger partial charge in [-0.2, -0.15) is 0 Å². The zero-order valence-corrected chi connectivity index (χ0v) is 15.4. The predicted molar refractivity (Wildman–Crippen MR) is 94.7 cm³/mol. The molecule has 0 aromatic heterocycles. The van der Waals surface area contributed by atoms with Gasteiger partial charge in [0.15, 0.2) is 0 Å². The number of hydrogen-bond donors (Lipinski definition) is 0. The highest BCUT2D eigenvalue weighted by molar-refractivity contribution is 5.39. The molecule has 0 aliphatic heterocycles. The van der Waals surface area contributed by atoms with Crippen LogP contribution in [-0.4, -0.2) is 18.8 Å². The number of aryl methyl sites for hydroxylation is 2. The highest BCUT2D eigenvalue weighted by Gasteiger charge is 2.17. The first-order valence-electron chi connectivity index (χ1n) is 8.68. The molecular formula is C20H34O2. The maximum atomic E-state index is 6.00. The van der Waals surface area contributed by atoms with Gasteiger partial charge in [-0.15, -0.1) is 0 Å². The van der Waals surface area contributed by atoms with Crippen LogP contribution in [0.4, 0.5) is 0 Å². The van der Waals surface area contributed by atoms with Gasteiger partial charge >= 0.3 is 0 Å². The summed E-state index contributed by atoms with van der Waals surface area (Å²) >= 11 is 0. The minimum Gasteiger partial charge on any atom is -0.493 e. The van der Waals surface area contributed by atoms with Crippen LogP contribution in [0.2, 0.25) is 0 Å². The van der Waals surface area contributed by atoms with E-state index in [1.165, 1.54) is 24.0 Å². The highest BCUT2D eigenvalue weighted by Crippen LogP contribution is 2.24. The van der Waals surface area contributed by atoms with E-state index in [4.69, 9.17) is 9.47 Å². The Kier molecular flexibility index (Phi) is 7.95. The van der Waals surface area contributed by atoms with Crippen molar-refractivity contribution in [3.05, 3.63) is 29.3 Å². The second kappa shape index (κ2) is 9.19. The number of benzene rings is 1. The number of hydrogen-bond acceptors (Lipinski definition) is 2. The summed E-state index contributed by atoms with van der Waals surface area (Å²) in [6.07, 6.45) is 4.70. The summed E-state index contributed by atoms with van der Waals surface area (Å²) < 4.78 is 11.8. The fourth-order valence-corrected chi connectivity index (χ4v) is 2.87. The molecule has 22 heavy (non-hydrogen) atoms. The van der Waals surface area contributed by atoms with Crippen molar-refractivity contribution in [2.45, 2.75) is 72.8 Å². The van der Waals surface area contributed by atoms with Gasteiger partial charge < -0.3 is 9.47 Å². The van der Waals surface area contributed by atoms with E-state index in [9.17, 15) is 0 Å². The summed E-state index contributed by atoms with van der Waals surface area (Å²) in [6.45, 7) is 14.6. The van der Waals surface area contributed by atoms with Gasteiger partial charge in [0.1, 0.15) is 5.75 Å². The number of para-hydroxylation sites is 1. The molecule has 1 aromatic carbocycles. The van der Waals surface area contributed by atoms with Crippen LogP contribution in [0.1, 0.15) is 64.5 Å². The molecule has 1 aromatic rings. The van der Waals surface area contributed by atoms with Crippen LogP contribution in [0.15, 0.2) is 18.2 Å². The Labute approximate surface area is 137 Å². The van der Waals surface area contributed by atoms with Gasteiger partial charge in [-0.1, -0.05) is 38.0 Å². The average molecular weight is 306 g/mol. The Morgan fingerprint density at radius 2 is 1.73 bits per heavy atom. The van der Waals surface area contributed by atoms with Crippen molar-refractivity contribution in [1.29, 1.82) is 0 Å². The molecule has 0 bridgehead atoms. The molecule has 0 spiro atoms. The third-order valence-electron chi connectivity index (χ3n) is 4.28. The Bertz CT molecular complexity index is 417. The van der Waals surface area contributed by atoms with Crippen LogP contribution in [-0.2, 0) is 4.74 Å².